The summed E-state index contributed by atoms with van der Waals surface area (Å²) in [6, 6.07) is 10.8. The van der Waals surface area contributed by atoms with Crippen molar-refractivity contribution in [2.45, 2.75) is 19.4 Å². The number of hydrogen-bond acceptors (Lipinski definition) is 7. The Balaban J connectivity index is 0.000000536. The highest BCUT2D eigenvalue weighted by molar-refractivity contribution is 7.17. The summed E-state index contributed by atoms with van der Waals surface area (Å²) in [4.78, 5) is 23.1. The fraction of sp³-hybridized carbons (Fsp3) is 0.375. The number of anilines is 1. The third-order valence-electron chi connectivity index (χ3n) is 5.39. The van der Waals surface area contributed by atoms with Crippen LogP contribution in [0.2, 0.25) is 0 Å². The number of carbonyl (C=O) groups is 1. The number of morpholine rings is 1. The van der Waals surface area contributed by atoms with E-state index in [2.05, 4.69) is 58.4 Å². The molecule has 8 heteroatoms. The molecule has 0 atom stereocenters. The third kappa shape index (κ3) is 5.82. The first-order valence-electron chi connectivity index (χ1n) is 10.6. The van der Waals surface area contributed by atoms with Crippen LogP contribution < -0.4 is 4.90 Å². The molecule has 0 radical (unpaired) electrons. The number of carboxylic acid groups (broad SMARTS) is 1. The summed E-state index contributed by atoms with van der Waals surface area (Å²) in [5, 5.41) is 9.00. The molecule has 7 nitrogen and oxygen atoms in total. The van der Waals surface area contributed by atoms with Gasteiger partial charge in [0, 0.05) is 25.2 Å². The number of ether oxygens (including phenoxy) is 1. The quantitative estimate of drug-likeness (QED) is 0.477. The second-order valence-electron chi connectivity index (χ2n) is 7.39. The van der Waals surface area contributed by atoms with Crippen LogP contribution in [0, 0.1) is 12.8 Å². The van der Waals surface area contributed by atoms with Gasteiger partial charge in [-0.1, -0.05) is 18.2 Å². The van der Waals surface area contributed by atoms with Crippen LogP contribution >= 0.6 is 11.3 Å². The van der Waals surface area contributed by atoms with Crippen LogP contribution in [0.15, 0.2) is 35.7 Å². The summed E-state index contributed by atoms with van der Waals surface area (Å²) >= 11 is 1.72. The van der Waals surface area contributed by atoms with Gasteiger partial charge in [-0.05, 0) is 49.0 Å². The number of benzene rings is 1. The lowest BCUT2D eigenvalue weighted by molar-refractivity contribution is -0.122. The van der Waals surface area contributed by atoms with Crippen molar-refractivity contribution in [3.05, 3.63) is 41.3 Å². The molecule has 2 aliphatic heterocycles. The molecular formula is C24H28N4O3S. The van der Waals surface area contributed by atoms with Gasteiger partial charge >= 0.3 is 0 Å². The molecule has 2 aromatic heterocycles. The minimum Gasteiger partial charge on any atom is -0.483 e. The van der Waals surface area contributed by atoms with Crippen LogP contribution in [0.1, 0.15) is 18.4 Å². The zero-order chi connectivity index (χ0) is 22.8. The van der Waals surface area contributed by atoms with E-state index >= 15 is 0 Å². The van der Waals surface area contributed by atoms with E-state index in [0.29, 0.717) is 0 Å². The number of hydrogen-bond donors (Lipinski definition) is 1. The Morgan fingerprint density at radius 3 is 2.53 bits per heavy atom. The van der Waals surface area contributed by atoms with E-state index < -0.39 is 0 Å². The average molecular weight is 453 g/mol. The molecule has 2 fully saturated rings. The minimum atomic E-state index is -0.250. The standard InChI is InChI=1S/C21H24N4OS.C2H2.CH2O2/c1-2-8-24(7-1)15-16-4-3-5-17(14-16)20-22-18-6-13-27-19(18)21(23-20)25-9-11-26-12-10-25;1-2;2-1-3/h3-6,13-14H,1-2,7-12,15H2;1-2H;1H,(H,2,3). The molecule has 32 heavy (non-hydrogen) atoms. The van der Waals surface area contributed by atoms with Crippen LogP contribution in [0.3, 0.4) is 0 Å². The van der Waals surface area contributed by atoms with Gasteiger partial charge < -0.3 is 14.7 Å². The van der Waals surface area contributed by atoms with Crippen molar-refractivity contribution in [2.24, 2.45) is 0 Å². The van der Waals surface area contributed by atoms with Crippen molar-refractivity contribution >= 4 is 33.8 Å². The summed E-state index contributed by atoms with van der Waals surface area (Å²) in [6.45, 7) is 6.49. The largest absolute Gasteiger partial charge is 0.483 e. The van der Waals surface area contributed by atoms with Crippen molar-refractivity contribution < 1.29 is 14.6 Å². The first-order valence-corrected chi connectivity index (χ1v) is 11.5. The predicted octanol–water partition coefficient (Wildman–Crippen LogP) is 3.74. The summed E-state index contributed by atoms with van der Waals surface area (Å²) in [5.41, 5.74) is 3.49. The summed E-state index contributed by atoms with van der Waals surface area (Å²) in [6.07, 6.45) is 10.6. The van der Waals surface area contributed by atoms with Crippen molar-refractivity contribution in [1.82, 2.24) is 14.9 Å². The molecule has 0 aliphatic carbocycles. The van der Waals surface area contributed by atoms with Crippen LogP contribution in [0.5, 0.6) is 0 Å². The molecule has 0 bridgehead atoms. The summed E-state index contributed by atoms with van der Waals surface area (Å²) in [5.74, 6) is 1.88. The van der Waals surface area contributed by atoms with E-state index in [9.17, 15) is 0 Å². The number of terminal acetylenes is 1. The van der Waals surface area contributed by atoms with Gasteiger partial charge in [-0.2, -0.15) is 0 Å². The number of likely N-dealkylation sites (tertiary alicyclic amines) is 1. The predicted molar refractivity (Wildman–Crippen MR) is 129 cm³/mol. The summed E-state index contributed by atoms with van der Waals surface area (Å²) in [7, 11) is 0. The lowest BCUT2D eigenvalue weighted by Gasteiger charge is -2.28. The van der Waals surface area contributed by atoms with E-state index in [-0.39, 0.29) is 6.47 Å². The molecule has 5 rings (SSSR count). The number of thiophene rings is 1. The summed E-state index contributed by atoms with van der Waals surface area (Å²) < 4.78 is 6.70. The van der Waals surface area contributed by atoms with Gasteiger partial charge in [0.05, 0.1) is 23.4 Å². The van der Waals surface area contributed by atoms with Crippen LogP contribution in [0.4, 0.5) is 5.82 Å². The van der Waals surface area contributed by atoms with Crippen LogP contribution in [-0.2, 0) is 16.1 Å². The van der Waals surface area contributed by atoms with E-state index in [0.717, 1.165) is 55.6 Å². The van der Waals surface area contributed by atoms with Crippen molar-refractivity contribution in [3.8, 4) is 24.2 Å². The van der Waals surface area contributed by atoms with E-state index in [1.54, 1.807) is 11.3 Å². The Kier molecular flexibility index (Phi) is 8.99. The Morgan fingerprint density at radius 1 is 1.09 bits per heavy atom. The van der Waals surface area contributed by atoms with Gasteiger partial charge in [0.15, 0.2) is 11.6 Å². The Labute approximate surface area is 192 Å². The first-order chi connectivity index (χ1) is 15.8. The molecule has 0 amide bonds. The molecule has 2 aliphatic rings. The lowest BCUT2D eigenvalue weighted by atomic mass is 10.1. The van der Waals surface area contributed by atoms with Gasteiger partial charge in [-0.25, -0.2) is 9.97 Å². The number of rotatable bonds is 4. The first kappa shape index (κ1) is 23.7. The minimum absolute atomic E-state index is 0.250. The van der Waals surface area contributed by atoms with E-state index in [4.69, 9.17) is 24.6 Å². The van der Waals surface area contributed by atoms with Crippen molar-refractivity contribution in [3.63, 3.8) is 0 Å². The second kappa shape index (κ2) is 12.2. The molecule has 168 valence electrons. The average Bonchev–Trinajstić information content (AvgIpc) is 3.53. The van der Waals surface area contributed by atoms with Gasteiger partial charge in [0.2, 0.25) is 0 Å². The fourth-order valence-corrected chi connectivity index (χ4v) is 4.82. The fourth-order valence-electron chi connectivity index (χ4n) is 3.97. The highest BCUT2D eigenvalue weighted by Crippen LogP contribution is 2.32. The van der Waals surface area contributed by atoms with Gasteiger partial charge in [-0.3, -0.25) is 9.69 Å². The number of fused-ring (bicyclic) bond motifs is 1. The molecular weight excluding hydrogens is 424 g/mol. The molecule has 1 aromatic carbocycles. The van der Waals surface area contributed by atoms with Crippen molar-refractivity contribution in [1.29, 1.82) is 0 Å². The number of aromatic nitrogens is 2. The molecule has 0 unspecified atom stereocenters. The molecule has 4 heterocycles. The zero-order valence-corrected chi connectivity index (χ0v) is 18.8. The van der Waals surface area contributed by atoms with Crippen molar-refractivity contribution in [2.75, 3.05) is 44.3 Å². The van der Waals surface area contributed by atoms with Gasteiger partial charge in [-0.15, -0.1) is 24.2 Å². The third-order valence-corrected chi connectivity index (χ3v) is 6.29. The monoisotopic (exact) mass is 452 g/mol. The van der Waals surface area contributed by atoms with Gasteiger partial charge in [0.1, 0.15) is 0 Å². The highest BCUT2D eigenvalue weighted by Gasteiger charge is 2.19. The zero-order valence-electron chi connectivity index (χ0n) is 18.0. The molecule has 0 spiro atoms. The second-order valence-corrected chi connectivity index (χ2v) is 8.31. The lowest BCUT2D eigenvalue weighted by Crippen LogP contribution is -2.36. The maximum absolute atomic E-state index is 8.36. The maximum Gasteiger partial charge on any atom is 0.290 e. The smallest absolute Gasteiger partial charge is 0.290 e. The normalized spacial score (nSPS) is 16.0. The highest BCUT2D eigenvalue weighted by atomic mass is 32.1. The Morgan fingerprint density at radius 2 is 1.81 bits per heavy atom. The van der Waals surface area contributed by atoms with Crippen LogP contribution in [-0.4, -0.2) is 65.8 Å². The van der Waals surface area contributed by atoms with E-state index in [1.807, 2.05) is 0 Å². The maximum atomic E-state index is 8.36. The Hall–Kier alpha value is -2.99. The topological polar surface area (TPSA) is 78.8 Å². The number of nitrogens with zero attached hydrogens (tertiary/aromatic N) is 4. The SMILES string of the molecule is C#C.O=CO.c1cc(CN2CCCC2)cc(-c2nc(N3CCOCC3)c3sccc3n2)c1. The molecule has 3 aromatic rings. The van der Waals surface area contributed by atoms with Gasteiger partial charge in [0.25, 0.3) is 6.47 Å². The molecule has 2 saturated heterocycles. The molecule has 1 N–H and O–H groups in total. The van der Waals surface area contributed by atoms with E-state index in [1.165, 1.54) is 36.2 Å². The molecule has 0 saturated carbocycles. The van der Waals surface area contributed by atoms with Crippen LogP contribution in [0.25, 0.3) is 21.6 Å². The Bertz CT molecular complexity index is 1020.